The van der Waals surface area contributed by atoms with E-state index in [1.54, 1.807) is 18.2 Å². The first kappa shape index (κ1) is 25.3. The van der Waals surface area contributed by atoms with Crippen molar-refractivity contribution in [2.45, 2.75) is 12.1 Å². The Morgan fingerprint density at radius 3 is 2.97 bits per heavy atom. The number of hydrogen-bond donors (Lipinski definition) is 2. The number of fused-ring (bicyclic) bond motifs is 2. The van der Waals surface area contributed by atoms with Gasteiger partial charge in [-0.3, -0.25) is 9.69 Å². The van der Waals surface area contributed by atoms with Crippen molar-refractivity contribution in [1.29, 1.82) is 0 Å². The number of carbonyl (C=O) groups is 1. The number of morpholine rings is 1. The number of halogens is 2. The third kappa shape index (κ3) is 5.67. The van der Waals surface area contributed by atoms with E-state index in [4.69, 9.17) is 21.1 Å². The number of ether oxygens (including phenoxy) is 2. The molecule has 1 amide bonds. The van der Waals surface area contributed by atoms with Gasteiger partial charge in [-0.25, -0.2) is 14.4 Å². The van der Waals surface area contributed by atoms with Gasteiger partial charge in [-0.2, -0.15) is 0 Å². The van der Waals surface area contributed by atoms with Crippen molar-refractivity contribution < 1.29 is 18.7 Å². The largest absolute Gasteiger partial charge is 0.494 e. The van der Waals surface area contributed by atoms with Gasteiger partial charge in [0.2, 0.25) is 5.91 Å². The van der Waals surface area contributed by atoms with E-state index >= 15 is 0 Å². The van der Waals surface area contributed by atoms with Gasteiger partial charge in [0, 0.05) is 49.4 Å². The van der Waals surface area contributed by atoms with Crippen LogP contribution in [0, 0.1) is 5.82 Å². The van der Waals surface area contributed by atoms with Gasteiger partial charge in [0.25, 0.3) is 0 Å². The Bertz CT molecular complexity index is 1340. The first-order valence-corrected chi connectivity index (χ1v) is 12.4. The van der Waals surface area contributed by atoms with Gasteiger partial charge in [0.15, 0.2) is 0 Å². The Labute approximate surface area is 219 Å². The van der Waals surface area contributed by atoms with Crippen molar-refractivity contribution in [3.63, 3.8) is 0 Å². The normalized spacial score (nSPS) is 20.3. The number of aromatic nitrogens is 2. The lowest BCUT2D eigenvalue weighted by Gasteiger charge is -2.36. The maximum Gasteiger partial charge on any atom is 0.248 e. The molecule has 0 spiro atoms. The van der Waals surface area contributed by atoms with E-state index in [0.717, 1.165) is 19.6 Å². The lowest BCUT2D eigenvalue weighted by molar-refractivity contribution is -0.111. The third-order valence-electron chi connectivity index (χ3n) is 6.60. The number of rotatable bonds is 7. The summed E-state index contributed by atoms with van der Waals surface area (Å²) in [6.45, 7) is 4.10. The molecule has 9 nitrogen and oxygen atoms in total. The second-order valence-electron chi connectivity index (χ2n) is 9.13. The maximum absolute atomic E-state index is 13.6. The minimum atomic E-state index is -0.508. The molecule has 0 radical (unpaired) electrons. The zero-order valence-electron chi connectivity index (χ0n) is 20.6. The van der Waals surface area contributed by atoms with Crippen LogP contribution in [0.3, 0.4) is 0 Å². The highest BCUT2D eigenvalue weighted by atomic mass is 35.5. The molecule has 2 atom stereocenters. The van der Waals surface area contributed by atoms with E-state index < -0.39 is 5.82 Å². The monoisotopic (exact) mass is 526 g/mol. The number of anilines is 3. The lowest BCUT2D eigenvalue weighted by atomic mass is 10.1. The number of carbonyl (C=O) groups excluding carboxylic acids is 1. The summed E-state index contributed by atoms with van der Waals surface area (Å²) in [5, 5.41) is 6.68. The van der Waals surface area contributed by atoms with Crippen molar-refractivity contribution in [3.8, 4) is 5.75 Å². The van der Waals surface area contributed by atoms with Gasteiger partial charge >= 0.3 is 0 Å². The summed E-state index contributed by atoms with van der Waals surface area (Å²) < 4.78 is 24.9. The van der Waals surface area contributed by atoms with Gasteiger partial charge in [-0.1, -0.05) is 17.7 Å². The van der Waals surface area contributed by atoms with Crippen LogP contribution >= 0.6 is 11.6 Å². The van der Waals surface area contributed by atoms with E-state index in [0.29, 0.717) is 53.0 Å². The quantitative estimate of drug-likeness (QED) is 0.450. The molecule has 11 heteroatoms. The van der Waals surface area contributed by atoms with Gasteiger partial charge < -0.3 is 25.0 Å². The van der Waals surface area contributed by atoms with E-state index in [1.165, 1.54) is 31.6 Å². The molecule has 2 aromatic carbocycles. The number of methoxy groups -OCH3 is 1. The van der Waals surface area contributed by atoms with E-state index in [1.807, 2.05) is 6.08 Å². The van der Waals surface area contributed by atoms with E-state index in [9.17, 15) is 9.18 Å². The van der Waals surface area contributed by atoms with Gasteiger partial charge in [-0.05, 0) is 31.3 Å². The third-order valence-corrected chi connectivity index (χ3v) is 6.89. The fourth-order valence-corrected chi connectivity index (χ4v) is 4.98. The van der Waals surface area contributed by atoms with Crippen LogP contribution in [-0.2, 0) is 9.53 Å². The molecule has 2 saturated heterocycles. The molecule has 2 aliphatic rings. The van der Waals surface area contributed by atoms with Gasteiger partial charge in [-0.15, -0.1) is 0 Å². The van der Waals surface area contributed by atoms with Crippen LogP contribution in [0.15, 0.2) is 48.8 Å². The van der Waals surface area contributed by atoms with Crippen molar-refractivity contribution >= 4 is 45.6 Å². The topological polar surface area (TPSA) is 91.9 Å². The summed E-state index contributed by atoms with van der Waals surface area (Å²) in [5.41, 5.74) is 1.65. The summed E-state index contributed by atoms with van der Waals surface area (Å²) in [4.78, 5) is 26.0. The second kappa shape index (κ2) is 11.0. The number of benzene rings is 2. The van der Waals surface area contributed by atoms with Gasteiger partial charge in [0.1, 0.15) is 23.7 Å². The summed E-state index contributed by atoms with van der Waals surface area (Å²) in [6, 6.07) is 8.12. The zero-order chi connectivity index (χ0) is 25.9. The van der Waals surface area contributed by atoms with E-state index in [-0.39, 0.29) is 17.0 Å². The molecule has 0 bridgehead atoms. The summed E-state index contributed by atoms with van der Waals surface area (Å²) in [6.07, 6.45) is 5.04. The number of nitrogens with one attached hydrogen (secondary N) is 2. The molecule has 194 valence electrons. The van der Waals surface area contributed by atoms with Crippen LogP contribution in [0.5, 0.6) is 5.75 Å². The fraction of sp³-hybridized carbons (Fsp3) is 0.346. The number of amides is 1. The molecule has 37 heavy (non-hydrogen) atoms. The summed E-state index contributed by atoms with van der Waals surface area (Å²) in [5.74, 6) is 0.160. The number of likely N-dealkylation sites (tertiary alicyclic amines) is 1. The highest BCUT2D eigenvalue weighted by molar-refractivity contribution is 6.31. The minimum Gasteiger partial charge on any atom is -0.494 e. The summed E-state index contributed by atoms with van der Waals surface area (Å²) >= 11 is 5.91. The zero-order valence-corrected chi connectivity index (χ0v) is 21.3. The smallest absolute Gasteiger partial charge is 0.248 e. The van der Waals surface area contributed by atoms with Crippen LogP contribution in [0.1, 0.15) is 0 Å². The lowest BCUT2D eigenvalue weighted by Crippen LogP contribution is -2.50. The molecule has 2 aliphatic heterocycles. The number of nitrogens with zero attached hydrogens (tertiary/aromatic N) is 4. The molecular weight excluding hydrogens is 499 g/mol. The Morgan fingerprint density at radius 2 is 2.16 bits per heavy atom. The van der Waals surface area contributed by atoms with Crippen LogP contribution in [0.4, 0.5) is 21.6 Å². The van der Waals surface area contributed by atoms with E-state index in [2.05, 4.69) is 37.4 Å². The average molecular weight is 527 g/mol. The average Bonchev–Trinajstić information content (AvgIpc) is 3.27. The van der Waals surface area contributed by atoms with Crippen LogP contribution in [0.25, 0.3) is 10.9 Å². The molecule has 2 unspecified atom stereocenters. The van der Waals surface area contributed by atoms with Crippen molar-refractivity contribution in [2.75, 3.05) is 57.6 Å². The van der Waals surface area contributed by atoms with Crippen LogP contribution in [-0.4, -0.2) is 84.8 Å². The Kier molecular flexibility index (Phi) is 7.52. The minimum absolute atomic E-state index is 0.00248. The fourth-order valence-electron chi connectivity index (χ4n) is 4.80. The van der Waals surface area contributed by atoms with Crippen LogP contribution < -0.4 is 15.4 Å². The Balaban J connectivity index is 1.31. The molecule has 3 aromatic rings. The second-order valence-corrected chi connectivity index (χ2v) is 9.54. The first-order valence-electron chi connectivity index (χ1n) is 12.0. The predicted molar refractivity (Wildman–Crippen MR) is 141 cm³/mol. The predicted octanol–water partition coefficient (Wildman–Crippen LogP) is 3.68. The molecule has 1 aromatic heterocycles. The molecule has 0 saturated carbocycles. The first-order chi connectivity index (χ1) is 17.9. The molecule has 2 N–H and O–H groups in total. The van der Waals surface area contributed by atoms with Crippen molar-refractivity contribution in [1.82, 2.24) is 19.8 Å². The number of likely N-dealkylation sites (N-methyl/N-ethyl adjacent to an activating group) is 1. The van der Waals surface area contributed by atoms with Crippen molar-refractivity contribution in [2.24, 2.45) is 0 Å². The highest BCUT2D eigenvalue weighted by Crippen LogP contribution is 2.33. The standard InChI is InChI=1S/C26H28ClFN6O3/c1-33-13-22-24(14-33)37-9-8-34(22)7-3-4-25(35)32-21-11-17-20(12-23(21)36-2)29-15-30-26(17)31-16-5-6-19(28)18(27)10-16/h3-6,10-12,15,22,24H,7-9,13-14H2,1-2H3,(H,32,35)(H,29,30,31). The molecule has 0 aliphatic carbocycles. The SMILES string of the molecule is COc1cc2ncnc(Nc3ccc(F)c(Cl)c3)c2cc1NC(=O)C=CCN1CCOC2CN(C)CC21. The molecule has 5 rings (SSSR count). The highest BCUT2D eigenvalue weighted by Gasteiger charge is 2.38. The van der Waals surface area contributed by atoms with Crippen molar-refractivity contribution in [3.05, 3.63) is 59.7 Å². The molecule has 2 fully saturated rings. The van der Waals surface area contributed by atoms with Gasteiger partial charge in [0.05, 0.1) is 42.1 Å². The van der Waals surface area contributed by atoms with Crippen LogP contribution in [0.2, 0.25) is 5.02 Å². The molecule has 3 heterocycles. The Morgan fingerprint density at radius 1 is 1.30 bits per heavy atom. The number of hydrogen-bond acceptors (Lipinski definition) is 8. The summed E-state index contributed by atoms with van der Waals surface area (Å²) in [7, 11) is 3.63. The maximum atomic E-state index is 13.6. The Hall–Kier alpha value is -3.31. The molecular formula is C26H28ClFN6O3.